The first-order chi connectivity index (χ1) is 4.74. The van der Waals surface area contributed by atoms with E-state index in [9.17, 15) is 4.79 Å². The molecule has 4 heteroatoms. The van der Waals surface area contributed by atoms with Gasteiger partial charge in [0.15, 0.2) is 0 Å². The van der Waals surface area contributed by atoms with Crippen molar-refractivity contribution in [3.63, 3.8) is 0 Å². The first kappa shape index (κ1) is 7.76. The zero-order valence-corrected chi connectivity index (χ0v) is 7.52. The van der Waals surface area contributed by atoms with Crippen LogP contribution in [0.15, 0.2) is 0 Å². The Morgan fingerprint density at radius 3 is 2.90 bits per heavy atom. The predicted molar refractivity (Wildman–Crippen MR) is 40.3 cm³/mol. The van der Waals surface area contributed by atoms with Gasteiger partial charge in [0.25, 0.3) is 0 Å². The number of nitrogens with one attached hydrogen (secondary N) is 2. The van der Waals surface area contributed by atoms with E-state index in [2.05, 4.69) is 12.2 Å². The molecule has 1 unspecified atom stereocenters. The molecule has 2 N–H and O–H groups in total. The predicted octanol–water partition coefficient (Wildman–Crippen LogP) is 0.344. The van der Waals surface area contributed by atoms with Gasteiger partial charge in [-0.2, -0.15) is 0 Å². The summed E-state index contributed by atoms with van der Waals surface area (Å²) in [6, 6.07) is 0. The molecular formula is C6H10N2OSe. The van der Waals surface area contributed by atoms with Gasteiger partial charge in [-0.25, -0.2) is 0 Å². The van der Waals surface area contributed by atoms with Crippen molar-refractivity contribution in [3.8, 4) is 0 Å². The first-order valence-electron chi connectivity index (χ1n) is 3.30. The Morgan fingerprint density at radius 2 is 2.50 bits per heavy atom. The zero-order chi connectivity index (χ0) is 7.56. The molecule has 10 heavy (non-hydrogen) atoms. The van der Waals surface area contributed by atoms with Crippen LogP contribution in [0.3, 0.4) is 0 Å². The number of hydrogen-bond acceptors (Lipinski definition) is 2. The molecule has 1 aliphatic rings. The summed E-state index contributed by atoms with van der Waals surface area (Å²) in [6.45, 7) is 2.06. The maximum absolute atomic E-state index is 10.9. The van der Waals surface area contributed by atoms with Crippen molar-refractivity contribution in [1.82, 2.24) is 5.32 Å². The van der Waals surface area contributed by atoms with Crippen LogP contribution in [0.1, 0.15) is 19.8 Å². The fourth-order valence-electron chi connectivity index (χ4n) is 0.870. The average molecular weight is 205 g/mol. The summed E-state index contributed by atoms with van der Waals surface area (Å²) in [4.78, 5) is 11.1. The molecule has 0 aliphatic carbocycles. The summed E-state index contributed by atoms with van der Waals surface area (Å²) < 4.78 is 0.441. The number of hydrogen-bond donors (Lipinski definition) is 2. The van der Waals surface area contributed by atoms with E-state index in [1.807, 2.05) is 0 Å². The van der Waals surface area contributed by atoms with Crippen LogP contribution in [0.5, 0.6) is 0 Å². The second kappa shape index (κ2) is 3.17. The Hall–Kier alpha value is -0.341. The molecule has 1 saturated heterocycles. The number of amidine groups is 1. The van der Waals surface area contributed by atoms with Crippen molar-refractivity contribution in [3.05, 3.63) is 0 Å². The van der Waals surface area contributed by atoms with Crippen molar-refractivity contribution in [1.29, 1.82) is 5.41 Å². The molecule has 1 amide bonds. The van der Waals surface area contributed by atoms with Crippen molar-refractivity contribution in [2.75, 3.05) is 0 Å². The molecule has 0 aromatic carbocycles. The molecule has 3 nitrogen and oxygen atoms in total. The molecule has 0 radical (unpaired) electrons. The van der Waals surface area contributed by atoms with E-state index in [1.54, 1.807) is 0 Å². The molecule has 56 valence electrons. The van der Waals surface area contributed by atoms with Crippen molar-refractivity contribution >= 4 is 25.6 Å². The van der Waals surface area contributed by atoms with Crippen molar-refractivity contribution in [2.24, 2.45) is 0 Å². The van der Waals surface area contributed by atoms with Crippen molar-refractivity contribution in [2.45, 2.75) is 24.6 Å². The SMILES string of the molecule is CCCC1[Se]C(=N)NC1=O. The number of carbonyl (C=O) groups is 1. The van der Waals surface area contributed by atoms with E-state index < -0.39 is 0 Å². The fourth-order valence-corrected chi connectivity index (χ4v) is 2.89. The quantitative estimate of drug-likeness (QED) is 0.627. The van der Waals surface area contributed by atoms with Gasteiger partial charge < -0.3 is 0 Å². The molecule has 0 aromatic rings. The summed E-state index contributed by atoms with van der Waals surface area (Å²) in [7, 11) is 0. The monoisotopic (exact) mass is 206 g/mol. The van der Waals surface area contributed by atoms with Gasteiger partial charge >= 0.3 is 65.7 Å². The van der Waals surface area contributed by atoms with Crippen LogP contribution in [0.4, 0.5) is 0 Å². The van der Waals surface area contributed by atoms with E-state index >= 15 is 0 Å². The molecule has 1 aliphatic heterocycles. The van der Waals surface area contributed by atoms with Crippen LogP contribution < -0.4 is 5.32 Å². The Balaban J connectivity index is 2.46. The Labute approximate surface area is 66.2 Å². The third-order valence-corrected chi connectivity index (χ3v) is 3.59. The average Bonchev–Trinajstić information content (AvgIpc) is 2.13. The van der Waals surface area contributed by atoms with E-state index in [0.29, 0.717) is 4.73 Å². The minimum absolute atomic E-state index is 0.0619. The number of rotatable bonds is 2. The summed E-state index contributed by atoms with van der Waals surface area (Å²) in [6.07, 6.45) is 1.97. The van der Waals surface area contributed by atoms with Gasteiger partial charge in [-0.3, -0.25) is 0 Å². The molecule has 1 heterocycles. The van der Waals surface area contributed by atoms with E-state index in [4.69, 9.17) is 5.41 Å². The summed E-state index contributed by atoms with van der Waals surface area (Å²) >= 11 is 0.0904. The van der Waals surface area contributed by atoms with Crippen LogP contribution in [-0.4, -0.2) is 25.6 Å². The fraction of sp³-hybridized carbons (Fsp3) is 0.667. The third kappa shape index (κ3) is 1.58. The molecular weight excluding hydrogens is 195 g/mol. The Bertz CT molecular complexity index is 169. The summed E-state index contributed by atoms with van der Waals surface area (Å²) in [5, 5.41) is 9.71. The molecule has 0 aromatic heterocycles. The van der Waals surface area contributed by atoms with Gasteiger partial charge in [0.1, 0.15) is 0 Å². The van der Waals surface area contributed by atoms with Crippen LogP contribution in [0.2, 0.25) is 4.82 Å². The van der Waals surface area contributed by atoms with Crippen LogP contribution >= 0.6 is 0 Å². The second-order valence-corrected chi connectivity index (χ2v) is 4.76. The number of carbonyl (C=O) groups excluding carboxylic acids is 1. The molecule has 0 spiro atoms. The summed E-state index contributed by atoms with van der Waals surface area (Å²) in [5.41, 5.74) is 0. The Kier molecular flexibility index (Phi) is 2.46. The van der Waals surface area contributed by atoms with Gasteiger partial charge in [0.2, 0.25) is 0 Å². The van der Waals surface area contributed by atoms with E-state index in [1.165, 1.54) is 0 Å². The normalized spacial score (nSPS) is 25.1. The second-order valence-electron chi connectivity index (χ2n) is 2.21. The first-order valence-corrected chi connectivity index (χ1v) is 5.14. The van der Waals surface area contributed by atoms with Gasteiger partial charge in [-0.1, -0.05) is 0 Å². The van der Waals surface area contributed by atoms with Gasteiger partial charge in [-0.15, -0.1) is 0 Å². The summed E-state index contributed by atoms with van der Waals surface area (Å²) in [5.74, 6) is 0.0619. The zero-order valence-electron chi connectivity index (χ0n) is 5.81. The van der Waals surface area contributed by atoms with Crippen LogP contribution in [-0.2, 0) is 4.79 Å². The molecule has 1 atom stereocenters. The standard InChI is InChI=1S/C6H10N2OSe/c1-2-3-4-5(9)8-6(7)10-4/h4H,2-3H2,1H3,(H2,7,8,9). The number of amides is 1. The topological polar surface area (TPSA) is 53.0 Å². The van der Waals surface area contributed by atoms with Gasteiger partial charge in [-0.05, 0) is 0 Å². The Morgan fingerprint density at radius 1 is 1.80 bits per heavy atom. The van der Waals surface area contributed by atoms with Crippen LogP contribution in [0.25, 0.3) is 0 Å². The van der Waals surface area contributed by atoms with E-state index in [0.717, 1.165) is 12.8 Å². The molecule has 1 fully saturated rings. The van der Waals surface area contributed by atoms with Crippen LogP contribution in [0, 0.1) is 5.41 Å². The van der Waals surface area contributed by atoms with Gasteiger partial charge in [0, 0.05) is 0 Å². The third-order valence-electron chi connectivity index (χ3n) is 1.34. The minimum atomic E-state index is 0.0619. The molecule has 1 rings (SSSR count). The molecule has 0 saturated carbocycles. The van der Waals surface area contributed by atoms with Gasteiger partial charge in [0.05, 0.1) is 0 Å². The van der Waals surface area contributed by atoms with E-state index in [-0.39, 0.29) is 25.7 Å². The molecule has 0 bridgehead atoms. The van der Waals surface area contributed by atoms with Crippen molar-refractivity contribution < 1.29 is 4.79 Å². The maximum atomic E-state index is 10.9.